The molecule has 2 heteroatoms. The lowest BCUT2D eigenvalue weighted by molar-refractivity contribution is 0.103. The van der Waals surface area contributed by atoms with E-state index in [0.29, 0.717) is 11.1 Å². The van der Waals surface area contributed by atoms with Crippen molar-refractivity contribution in [2.24, 2.45) is 0 Å². The van der Waals surface area contributed by atoms with Crippen molar-refractivity contribution in [2.75, 3.05) is 0 Å². The van der Waals surface area contributed by atoms with Gasteiger partial charge in [-0.1, -0.05) is 85.0 Å². The highest BCUT2D eigenvalue weighted by Gasteiger charge is 2.28. The van der Waals surface area contributed by atoms with E-state index in [0.717, 1.165) is 27.1 Å². The van der Waals surface area contributed by atoms with Crippen molar-refractivity contribution in [1.29, 1.82) is 0 Å². The quantitative estimate of drug-likeness (QED) is 0.475. The molecule has 1 aliphatic carbocycles. The molecule has 0 aliphatic heterocycles. The molecular formula is C20H12OS. The zero-order chi connectivity index (χ0) is 15.1. The van der Waals surface area contributed by atoms with Crippen molar-refractivity contribution in [3.05, 3.63) is 95.1 Å². The Bertz CT molecular complexity index is 910. The molecule has 4 rings (SSSR count). The Labute approximate surface area is 134 Å². The number of benzene rings is 3. The number of fused-ring (bicyclic) bond motifs is 2. The molecule has 3 aromatic rings. The van der Waals surface area contributed by atoms with Crippen LogP contribution >= 0.6 is 12.2 Å². The van der Waals surface area contributed by atoms with Gasteiger partial charge in [0.05, 0.1) is 4.86 Å². The molecule has 0 aromatic heterocycles. The molecule has 0 heterocycles. The molecule has 0 saturated carbocycles. The molecule has 0 unspecified atom stereocenters. The second kappa shape index (κ2) is 5.00. The van der Waals surface area contributed by atoms with Gasteiger partial charge in [-0.2, -0.15) is 0 Å². The zero-order valence-electron chi connectivity index (χ0n) is 11.7. The minimum Gasteiger partial charge on any atom is -0.289 e. The minimum absolute atomic E-state index is 0.0528. The van der Waals surface area contributed by atoms with Crippen molar-refractivity contribution < 1.29 is 4.79 Å². The Kier molecular flexibility index (Phi) is 2.98. The van der Waals surface area contributed by atoms with E-state index in [1.165, 1.54) is 0 Å². The standard InChI is InChI=1S/C20H12OS/c21-19-15-9-4-5-10-16(15)20(22)18-14(11-6-12-17(18)19)13-7-2-1-3-8-13/h1-12H. The van der Waals surface area contributed by atoms with Crippen LogP contribution in [-0.4, -0.2) is 10.6 Å². The van der Waals surface area contributed by atoms with Gasteiger partial charge >= 0.3 is 0 Å². The molecule has 0 N–H and O–H groups in total. The van der Waals surface area contributed by atoms with Gasteiger partial charge in [0, 0.05) is 22.3 Å². The van der Waals surface area contributed by atoms with Crippen LogP contribution < -0.4 is 0 Å². The van der Waals surface area contributed by atoms with Gasteiger partial charge in [0.15, 0.2) is 5.78 Å². The lowest BCUT2D eigenvalue weighted by Gasteiger charge is -2.22. The summed E-state index contributed by atoms with van der Waals surface area (Å²) in [7, 11) is 0. The van der Waals surface area contributed by atoms with E-state index >= 15 is 0 Å². The number of rotatable bonds is 1. The molecule has 1 nitrogen and oxygen atoms in total. The summed E-state index contributed by atoms with van der Waals surface area (Å²) in [5, 5.41) is 0. The third kappa shape index (κ3) is 1.85. The number of carbonyl (C=O) groups excluding carboxylic acids is 1. The van der Waals surface area contributed by atoms with Crippen molar-refractivity contribution >= 4 is 22.9 Å². The van der Waals surface area contributed by atoms with E-state index in [1.54, 1.807) is 0 Å². The first-order valence-electron chi connectivity index (χ1n) is 7.14. The highest BCUT2D eigenvalue weighted by Crippen LogP contribution is 2.34. The fourth-order valence-electron chi connectivity index (χ4n) is 3.00. The van der Waals surface area contributed by atoms with Gasteiger partial charge in [-0.05, 0) is 11.1 Å². The molecule has 22 heavy (non-hydrogen) atoms. The van der Waals surface area contributed by atoms with Gasteiger partial charge < -0.3 is 0 Å². The molecule has 0 saturated heterocycles. The molecule has 0 radical (unpaired) electrons. The average molecular weight is 300 g/mol. The minimum atomic E-state index is 0.0528. The van der Waals surface area contributed by atoms with Crippen LogP contribution in [0.15, 0.2) is 72.8 Å². The first-order chi connectivity index (χ1) is 10.8. The summed E-state index contributed by atoms with van der Waals surface area (Å²) in [6.45, 7) is 0. The van der Waals surface area contributed by atoms with E-state index in [-0.39, 0.29) is 5.78 Å². The van der Waals surface area contributed by atoms with Crippen LogP contribution in [0.25, 0.3) is 11.1 Å². The second-order valence-electron chi connectivity index (χ2n) is 5.30. The first kappa shape index (κ1) is 13.1. The van der Waals surface area contributed by atoms with Crippen molar-refractivity contribution in [2.45, 2.75) is 0 Å². The van der Waals surface area contributed by atoms with Crippen molar-refractivity contribution in [3.8, 4) is 11.1 Å². The number of ketones is 1. The maximum atomic E-state index is 12.8. The van der Waals surface area contributed by atoms with Crippen LogP contribution in [0.3, 0.4) is 0 Å². The van der Waals surface area contributed by atoms with E-state index in [4.69, 9.17) is 12.2 Å². The van der Waals surface area contributed by atoms with Gasteiger partial charge in [-0.15, -0.1) is 0 Å². The molecule has 3 aromatic carbocycles. The number of thiocarbonyl (C=S) groups is 1. The Morgan fingerprint density at radius 2 is 1.18 bits per heavy atom. The van der Waals surface area contributed by atoms with Gasteiger partial charge in [-0.3, -0.25) is 4.79 Å². The smallest absolute Gasteiger partial charge is 0.194 e. The summed E-state index contributed by atoms with van der Waals surface area (Å²) >= 11 is 5.70. The fraction of sp³-hybridized carbons (Fsp3) is 0. The van der Waals surface area contributed by atoms with Crippen LogP contribution in [0, 0.1) is 0 Å². The summed E-state index contributed by atoms with van der Waals surface area (Å²) < 4.78 is 0. The van der Waals surface area contributed by atoms with Gasteiger partial charge in [0.25, 0.3) is 0 Å². The third-order valence-electron chi connectivity index (χ3n) is 4.04. The molecule has 0 amide bonds. The normalized spacial score (nSPS) is 12.7. The lowest BCUT2D eigenvalue weighted by Crippen LogP contribution is -2.20. The molecular weight excluding hydrogens is 288 g/mol. The predicted molar refractivity (Wildman–Crippen MR) is 92.6 cm³/mol. The first-order valence-corrected chi connectivity index (χ1v) is 7.55. The molecule has 0 spiro atoms. The number of hydrogen-bond donors (Lipinski definition) is 0. The molecule has 104 valence electrons. The van der Waals surface area contributed by atoms with E-state index in [2.05, 4.69) is 0 Å². The van der Waals surface area contributed by atoms with Crippen LogP contribution in [0.5, 0.6) is 0 Å². The molecule has 1 aliphatic rings. The zero-order valence-corrected chi connectivity index (χ0v) is 12.6. The van der Waals surface area contributed by atoms with Gasteiger partial charge in [-0.25, -0.2) is 0 Å². The maximum absolute atomic E-state index is 12.8. The number of hydrogen-bond acceptors (Lipinski definition) is 2. The monoisotopic (exact) mass is 300 g/mol. The van der Waals surface area contributed by atoms with Gasteiger partial charge in [0.2, 0.25) is 0 Å². The van der Waals surface area contributed by atoms with E-state index in [9.17, 15) is 4.79 Å². The highest BCUT2D eigenvalue weighted by atomic mass is 32.1. The lowest BCUT2D eigenvalue weighted by atomic mass is 9.81. The Morgan fingerprint density at radius 1 is 0.591 bits per heavy atom. The second-order valence-corrected chi connectivity index (χ2v) is 5.71. The van der Waals surface area contributed by atoms with Crippen molar-refractivity contribution in [1.82, 2.24) is 0 Å². The van der Waals surface area contributed by atoms with Crippen LogP contribution in [-0.2, 0) is 0 Å². The molecule has 0 fully saturated rings. The fourth-order valence-corrected chi connectivity index (χ4v) is 3.40. The predicted octanol–water partition coefficient (Wildman–Crippen LogP) is 4.66. The number of carbonyl (C=O) groups is 1. The van der Waals surface area contributed by atoms with E-state index < -0.39 is 0 Å². The molecule has 0 atom stereocenters. The Morgan fingerprint density at radius 3 is 1.95 bits per heavy atom. The van der Waals surface area contributed by atoms with Crippen molar-refractivity contribution in [3.63, 3.8) is 0 Å². The summed E-state index contributed by atoms with van der Waals surface area (Å²) in [5.74, 6) is 0.0528. The van der Waals surface area contributed by atoms with Crippen LogP contribution in [0.2, 0.25) is 0 Å². The van der Waals surface area contributed by atoms with Gasteiger partial charge in [0.1, 0.15) is 0 Å². The largest absolute Gasteiger partial charge is 0.289 e. The van der Waals surface area contributed by atoms with Crippen LogP contribution in [0.4, 0.5) is 0 Å². The highest BCUT2D eigenvalue weighted by molar-refractivity contribution is 7.81. The van der Waals surface area contributed by atoms with Crippen LogP contribution in [0.1, 0.15) is 27.0 Å². The summed E-state index contributed by atoms with van der Waals surface area (Å²) in [6, 6.07) is 23.5. The Balaban J connectivity index is 2.02. The summed E-state index contributed by atoms with van der Waals surface area (Å²) in [5.41, 5.74) is 5.24. The average Bonchev–Trinajstić information content (AvgIpc) is 2.60. The topological polar surface area (TPSA) is 17.1 Å². The third-order valence-corrected chi connectivity index (χ3v) is 4.46. The SMILES string of the molecule is O=C1c2ccccc2C(=S)c2c1cccc2-c1ccccc1. The Hall–Kier alpha value is -2.58. The van der Waals surface area contributed by atoms with E-state index in [1.807, 2.05) is 72.8 Å². The summed E-state index contributed by atoms with van der Waals surface area (Å²) in [4.78, 5) is 13.5. The molecule has 0 bridgehead atoms. The maximum Gasteiger partial charge on any atom is 0.194 e. The summed E-state index contributed by atoms with van der Waals surface area (Å²) in [6.07, 6.45) is 0.